The summed E-state index contributed by atoms with van der Waals surface area (Å²) >= 11 is 0. The zero-order valence-corrected chi connectivity index (χ0v) is 22.0. The largest absolute Gasteiger partial charge is 0.480 e. The maximum absolute atomic E-state index is 12.1. The summed E-state index contributed by atoms with van der Waals surface area (Å²) in [7, 11) is -2.66. The number of carbonyl (C=O) groups is 6. The zero-order valence-electron chi connectivity index (χ0n) is 21.1. The van der Waals surface area contributed by atoms with Crippen LogP contribution in [0.25, 0.3) is 0 Å². The van der Waals surface area contributed by atoms with Crippen LogP contribution in [0.2, 0.25) is 0 Å². The van der Waals surface area contributed by atoms with E-state index in [1.807, 2.05) is 4.72 Å². The molecule has 0 radical (unpaired) electrons. The highest BCUT2D eigenvalue weighted by Crippen LogP contribution is 2.04. The molecule has 1 aromatic rings. The van der Waals surface area contributed by atoms with Crippen LogP contribution in [0.1, 0.15) is 57.2 Å². The standard InChI is InChI=1S/C20H32N8O10S/c1-21-15(29)9-7-12(19(33)34)23-17(31)10-8-13(20(35)36)22-16(30)6-3-11-39(37,38)26-18(32)5-2-4-14-24-27-28-25-14/h12-13H,2-11H2,1H3,(H,21,29)(H,22,30)(H,23,31)(H,26,32)(H,33,34)(H,35,36)(H,24,25,27,28). The Balaban J connectivity index is 2.41. The molecule has 0 fully saturated rings. The Bertz CT molecular complexity index is 1110. The average molecular weight is 577 g/mol. The fraction of sp³-hybridized carbons (Fsp3) is 0.650. The number of H-pyrrole nitrogens is 1. The molecule has 18 nitrogen and oxygen atoms in total. The number of carboxylic acid groups (broad SMARTS) is 2. The molecule has 0 aromatic carbocycles. The Kier molecular flexibility index (Phi) is 14.0. The van der Waals surface area contributed by atoms with Crippen molar-refractivity contribution in [2.24, 2.45) is 0 Å². The minimum Gasteiger partial charge on any atom is -0.480 e. The van der Waals surface area contributed by atoms with Crippen LogP contribution in [-0.4, -0.2) is 99.7 Å². The van der Waals surface area contributed by atoms with Crippen molar-refractivity contribution < 1.29 is 47.4 Å². The Morgan fingerprint density at radius 3 is 1.87 bits per heavy atom. The fourth-order valence-corrected chi connectivity index (χ4v) is 4.19. The Morgan fingerprint density at radius 2 is 1.36 bits per heavy atom. The number of hydrogen-bond acceptors (Lipinski definition) is 11. The average Bonchev–Trinajstić information content (AvgIpc) is 3.36. The summed E-state index contributed by atoms with van der Waals surface area (Å²) in [6.07, 6.45) is -1.23. The topological polar surface area (TPSA) is 280 Å². The normalized spacial score (nSPS) is 12.5. The van der Waals surface area contributed by atoms with Crippen LogP contribution in [0.4, 0.5) is 0 Å². The molecule has 0 saturated heterocycles. The Labute approximate surface area is 223 Å². The minimum absolute atomic E-state index is 0.108. The predicted molar refractivity (Wildman–Crippen MR) is 130 cm³/mol. The van der Waals surface area contributed by atoms with Crippen LogP contribution < -0.4 is 20.7 Å². The van der Waals surface area contributed by atoms with E-state index >= 15 is 0 Å². The van der Waals surface area contributed by atoms with Gasteiger partial charge < -0.3 is 26.2 Å². The highest BCUT2D eigenvalue weighted by Gasteiger charge is 2.24. The van der Waals surface area contributed by atoms with Crippen LogP contribution >= 0.6 is 0 Å². The van der Waals surface area contributed by atoms with E-state index in [9.17, 15) is 47.4 Å². The van der Waals surface area contributed by atoms with Gasteiger partial charge in [-0.2, -0.15) is 5.21 Å². The Hall–Kier alpha value is -4.16. The molecule has 7 N–H and O–H groups in total. The van der Waals surface area contributed by atoms with Crippen molar-refractivity contribution in [3.63, 3.8) is 0 Å². The van der Waals surface area contributed by atoms with Crippen LogP contribution in [0.3, 0.4) is 0 Å². The minimum atomic E-state index is -4.03. The number of sulfonamides is 1. The van der Waals surface area contributed by atoms with Gasteiger partial charge in [0.15, 0.2) is 5.82 Å². The monoisotopic (exact) mass is 576 g/mol. The number of aliphatic carboxylic acids is 2. The summed E-state index contributed by atoms with van der Waals surface area (Å²) in [5, 5.41) is 38.2. The van der Waals surface area contributed by atoms with Crippen molar-refractivity contribution in [2.75, 3.05) is 12.8 Å². The second kappa shape index (κ2) is 16.6. The number of aromatic amines is 1. The van der Waals surface area contributed by atoms with Crippen molar-refractivity contribution >= 4 is 45.6 Å². The van der Waals surface area contributed by atoms with E-state index in [4.69, 9.17) is 0 Å². The van der Waals surface area contributed by atoms with Crippen LogP contribution in [0, 0.1) is 0 Å². The maximum atomic E-state index is 12.1. The number of amides is 4. The molecule has 0 aliphatic rings. The van der Waals surface area contributed by atoms with Crippen LogP contribution in [0.5, 0.6) is 0 Å². The third kappa shape index (κ3) is 14.4. The lowest BCUT2D eigenvalue weighted by molar-refractivity contribution is -0.143. The molecule has 0 aliphatic heterocycles. The third-order valence-corrected chi connectivity index (χ3v) is 6.51. The van der Waals surface area contributed by atoms with Gasteiger partial charge in [0.2, 0.25) is 33.7 Å². The van der Waals surface area contributed by atoms with Crippen molar-refractivity contribution in [2.45, 2.75) is 69.9 Å². The van der Waals surface area contributed by atoms with E-state index in [0.717, 1.165) is 0 Å². The number of carbonyl (C=O) groups excluding carboxylic acids is 4. The first kappa shape index (κ1) is 32.9. The molecule has 218 valence electrons. The lowest BCUT2D eigenvalue weighted by Crippen LogP contribution is -2.44. The van der Waals surface area contributed by atoms with Gasteiger partial charge >= 0.3 is 11.9 Å². The molecule has 19 heteroatoms. The maximum Gasteiger partial charge on any atom is 0.326 e. The lowest BCUT2D eigenvalue weighted by atomic mass is 10.1. The molecule has 0 spiro atoms. The molecule has 1 heterocycles. The summed E-state index contributed by atoms with van der Waals surface area (Å²) in [6.45, 7) is 0. The van der Waals surface area contributed by atoms with Gasteiger partial charge in [-0.3, -0.25) is 23.9 Å². The molecule has 39 heavy (non-hydrogen) atoms. The fourth-order valence-electron chi connectivity index (χ4n) is 3.12. The number of tetrazole rings is 1. The molecule has 4 amide bonds. The van der Waals surface area contributed by atoms with E-state index in [2.05, 4.69) is 36.6 Å². The first-order chi connectivity index (χ1) is 18.3. The highest BCUT2D eigenvalue weighted by molar-refractivity contribution is 7.90. The second-order valence-corrected chi connectivity index (χ2v) is 10.1. The van der Waals surface area contributed by atoms with Gasteiger partial charge in [0, 0.05) is 39.2 Å². The summed E-state index contributed by atoms with van der Waals surface area (Å²) in [5.41, 5.74) is 0. The molecule has 2 atom stereocenters. The quantitative estimate of drug-likeness (QED) is 0.0877. The SMILES string of the molecule is CNC(=O)CCC(NC(=O)CCC(NC(=O)CCCS(=O)(=O)NC(=O)CCCc1nn[nH]n1)C(=O)O)C(=O)O. The van der Waals surface area contributed by atoms with Crippen LogP contribution in [-0.2, 0) is 45.2 Å². The third-order valence-electron chi connectivity index (χ3n) is 5.15. The molecule has 0 saturated carbocycles. The van der Waals surface area contributed by atoms with Gasteiger partial charge in [-0.25, -0.2) is 18.0 Å². The Morgan fingerprint density at radius 1 is 0.821 bits per heavy atom. The van der Waals surface area contributed by atoms with Gasteiger partial charge in [0.05, 0.1) is 5.75 Å². The summed E-state index contributed by atoms with van der Waals surface area (Å²) < 4.78 is 26.0. The lowest BCUT2D eigenvalue weighted by Gasteiger charge is -2.17. The summed E-state index contributed by atoms with van der Waals surface area (Å²) in [4.78, 5) is 70.1. The van der Waals surface area contributed by atoms with E-state index < -0.39 is 69.8 Å². The first-order valence-corrected chi connectivity index (χ1v) is 13.5. The highest BCUT2D eigenvalue weighted by atomic mass is 32.2. The van der Waals surface area contributed by atoms with E-state index in [-0.39, 0.29) is 44.9 Å². The molecule has 2 unspecified atom stereocenters. The predicted octanol–water partition coefficient (Wildman–Crippen LogP) is -2.81. The first-order valence-electron chi connectivity index (χ1n) is 11.8. The van der Waals surface area contributed by atoms with Crippen molar-refractivity contribution in [3.8, 4) is 0 Å². The van der Waals surface area contributed by atoms with Crippen molar-refractivity contribution in [1.82, 2.24) is 41.3 Å². The van der Waals surface area contributed by atoms with E-state index in [0.29, 0.717) is 12.2 Å². The molecule has 1 rings (SSSR count). The zero-order chi connectivity index (χ0) is 29.4. The van der Waals surface area contributed by atoms with Gasteiger partial charge in [-0.1, -0.05) is 5.21 Å². The summed E-state index contributed by atoms with van der Waals surface area (Å²) in [5.74, 6) is -5.76. The van der Waals surface area contributed by atoms with Gasteiger partial charge in [0.1, 0.15) is 12.1 Å². The smallest absolute Gasteiger partial charge is 0.326 e. The van der Waals surface area contributed by atoms with Crippen molar-refractivity contribution in [1.29, 1.82) is 0 Å². The summed E-state index contributed by atoms with van der Waals surface area (Å²) in [6, 6.07) is -2.85. The number of nitrogens with one attached hydrogen (secondary N) is 5. The number of nitrogens with zero attached hydrogens (tertiary/aromatic N) is 3. The molecule has 0 aliphatic carbocycles. The molecular formula is C20H32N8O10S. The van der Waals surface area contributed by atoms with E-state index in [1.165, 1.54) is 7.05 Å². The molecule has 0 bridgehead atoms. The number of carboxylic acids is 2. The number of hydrogen-bond donors (Lipinski definition) is 7. The second-order valence-electron chi connectivity index (χ2n) is 8.30. The number of aryl methyl sites for hydroxylation is 1. The van der Waals surface area contributed by atoms with Crippen molar-refractivity contribution in [3.05, 3.63) is 5.82 Å². The van der Waals surface area contributed by atoms with Gasteiger partial charge in [-0.05, 0) is 25.7 Å². The number of rotatable bonds is 19. The number of aromatic nitrogens is 4. The van der Waals surface area contributed by atoms with Gasteiger partial charge in [-0.15, -0.1) is 10.2 Å². The van der Waals surface area contributed by atoms with E-state index in [1.54, 1.807) is 0 Å². The van der Waals surface area contributed by atoms with Crippen LogP contribution in [0.15, 0.2) is 0 Å². The molecule has 1 aromatic heterocycles. The van der Waals surface area contributed by atoms with Gasteiger partial charge in [0.25, 0.3) is 0 Å². The molecular weight excluding hydrogens is 544 g/mol.